The summed E-state index contributed by atoms with van der Waals surface area (Å²) in [6, 6.07) is 0.0692. The number of hydrogen-bond donors (Lipinski definition) is 3. The Hall–Kier alpha value is -1.18. The first-order chi connectivity index (χ1) is 9.20. The molecule has 0 spiro atoms. The molecule has 3 N–H and O–H groups in total. The molecule has 0 aliphatic carbocycles. The summed E-state index contributed by atoms with van der Waals surface area (Å²) >= 11 is 0. The van der Waals surface area contributed by atoms with Gasteiger partial charge in [-0.15, -0.1) is 0 Å². The van der Waals surface area contributed by atoms with Gasteiger partial charge < -0.3 is 15.7 Å². The third kappa shape index (κ3) is 3.89. The lowest BCUT2D eigenvalue weighted by Gasteiger charge is -2.25. The van der Waals surface area contributed by atoms with Gasteiger partial charge in [0, 0.05) is 32.2 Å². The summed E-state index contributed by atoms with van der Waals surface area (Å²) in [5, 5.41) is 15.1. The summed E-state index contributed by atoms with van der Waals surface area (Å²) in [5.41, 5.74) is 0. The molecular formula is C12H22N4O3. The fourth-order valence-corrected chi connectivity index (χ4v) is 2.59. The number of urea groups is 1. The largest absolute Gasteiger partial charge is 0.395 e. The van der Waals surface area contributed by atoms with Gasteiger partial charge in [0.1, 0.15) is 0 Å². The highest BCUT2D eigenvalue weighted by Crippen LogP contribution is 2.07. The lowest BCUT2D eigenvalue weighted by atomic mass is 10.2. The standard InChI is InChI=1S/C12H22N4O3/c17-7-6-15(8-10-2-1-3-13-10)9-11(18)16-5-4-14-12(16)19/h10,13,17H,1-9H2,(H,14,19). The van der Waals surface area contributed by atoms with Crippen LogP contribution in [0.15, 0.2) is 0 Å². The molecule has 7 nitrogen and oxygen atoms in total. The van der Waals surface area contributed by atoms with E-state index in [0.29, 0.717) is 25.7 Å². The monoisotopic (exact) mass is 270 g/mol. The summed E-state index contributed by atoms with van der Waals surface area (Å²) in [6.07, 6.45) is 2.25. The van der Waals surface area contributed by atoms with Crippen LogP contribution in [0, 0.1) is 0 Å². The van der Waals surface area contributed by atoms with Crippen LogP contribution in [0.25, 0.3) is 0 Å². The molecule has 2 aliphatic rings. The van der Waals surface area contributed by atoms with Crippen molar-refractivity contribution in [2.24, 2.45) is 0 Å². The number of nitrogens with one attached hydrogen (secondary N) is 2. The van der Waals surface area contributed by atoms with Gasteiger partial charge in [-0.1, -0.05) is 0 Å². The average Bonchev–Trinajstić information content (AvgIpc) is 3.00. The van der Waals surface area contributed by atoms with Gasteiger partial charge in [0.25, 0.3) is 0 Å². The van der Waals surface area contributed by atoms with E-state index >= 15 is 0 Å². The van der Waals surface area contributed by atoms with Crippen molar-refractivity contribution in [2.45, 2.75) is 18.9 Å². The number of carbonyl (C=O) groups is 2. The number of rotatable bonds is 6. The van der Waals surface area contributed by atoms with Gasteiger partial charge in [-0.05, 0) is 19.4 Å². The molecule has 2 saturated heterocycles. The Morgan fingerprint density at radius 2 is 2.32 bits per heavy atom. The van der Waals surface area contributed by atoms with Gasteiger partial charge >= 0.3 is 6.03 Å². The fraction of sp³-hybridized carbons (Fsp3) is 0.833. The maximum Gasteiger partial charge on any atom is 0.324 e. The van der Waals surface area contributed by atoms with E-state index in [1.807, 2.05) is 4.90 Å². The van der Waals surface area contributed by atoms with Crippen molar-refractivity contribution in [3.8, 4) is 0 Å². The van der Waals surface area contributed by atoms with Gasteiger partial charge in [-0.2, -0.15) is 0 Å². The molecule has 3 amide bonds. The minimum Gasteiger partial charge on any atom is -0.395 e. The van der Waals surface area contributed by atoms with Gasteiger partial charge in [-0.25, -0.2) is 4.79 Å². The molecule has 2 aliphatic heterocycles. The maximum absolute atomic E-state index is 12.0. The lowest BCUT2D eigenvalue weighted by Crippen LogP contribution is -2.46. The van der Waals surface area contributed by atoms with Crippen molar-refractivity contribution in [3.05, 3.63) is 0 Å². The first-order valence-electron chi connectivity index (χ1n) is 6.85. The van der Waals surface area contributed by atoms with E-state index in [4.69, 9.17) is 5.11 Å². The van der Waals surface area contributed by atoms with Crippen molar-refractivity contribution in [3.63, 3.8) is 0 Å². The number of carbonyl (C=O) groups excluding carboxylic acids is 2. The van der Waals surface area contributed by atoms with Crippen molar-refractivity contribution in [2.75, 3.05) is 45.9 Å². The smallest absolute Gasteiger partial charge is 0.324 e. The zero-order valence-corrected chi connectivity index (χ0v) is 11.1. The normalized spacial score (nSPS) is 23.2. The molecule has 0 aromatic rings. The minimum absolute atomic E-state index is 0.0200. The molecule has 108 valence electrons. The van der Waals surface area contributed by atoms with Gasteiger partial charge in [0.2, 0.25) is 5.91 Å². The second-order valence-corrected chi connectivity index (χ2v) is 5.03. The Balaban J connectivity index is 1.84. The van der Waals surface area contributed by atoms with Crippen molar-refractivity contribution >= 4 is 11.9 Å². The molecular weight excluding hydrogens is 248 g/mol. The summed E-state index contributed by atoms with van der Waals surface area (Å²) in [7, 11) is 0. The van der Waals surface area contributed by atoms with E-state index in [2.05, 4.69) is 10.6 Å². The Kier molecular flexibility index (Phi) is 5.12. The molecule has 0 aromatic heterocycles. The zero-order chi connectivity index (χ0) is 13.7. The zero-order valence-electron chi connectivity index (χ0n) is 11.1. The Labute approximate surface area is 112 Å². The van der Waals surface area contributed by atoms with E-state index in [9.17, 15) is 9.59 Å². The van der Waals surface area contributed by atoms with Crippen molar-refractivity contribution < 1.29 is 14.7 Å². The molecule has 1 atom stereocenters. The third-order valence-corrected chi connectivity index (χ3v) is 3.57. The average molecular weight is 270 g/mol. The molecule has 2 fully saturated rings. The first-order valence-corrected chi connectivity index (χ1v) is 6.85. The van der Waals surface area contributed by atoms with Gasteiger partial charge in [0.05, 0.1) is 13.2 Å². The van der Waals surface area contributed by atoms with Crippen LogP contribution in [0.2, 0.25) is 0 Å². The van der Waals surface area contributed by atoms with E-state index in [1.54, 1.807) is 0 Å². The van der Waals surface area contributed by atoms with Crippen molar-refractivity contribution in [1.29, 1.82) is 0 Å². The molecule has 19 heavy (non-hydrogen) atoms. The van der Waals surface area contributed by atoms with E-state index in [1.165, 1.54) is 4.90 Å². The lowest BCUT2D eigenvalue weighted by molar-refractivity contribution is -0.128. The number of aliphatic hydroxyl groups excluding tert-OH is 1. The Morgan fingerprint density at radius 1 is 1.47 bits per heavy atom. The second kappa shape index (κ2) is 6.83. The van der Waals surface area contributed by atoms with Crippen LogP contribution < -0.4 is 10.6 Å². The van der Waals surface area contributed by atoms with E-state index in [-0.39, 0.29) is 25.1 Å². The van der Waals surface area contributed by atoms with Gasteiger partial charge in [0.15, 0.2) is 0 Å². The SMILES string of the molecule is O=C(CN(CCO)CC1CCCN1)N1CCNC1=O. The molecule has 2 rings (SSSR count). The molecule has 0 bridgehead atoms. The molecule has 0 radical (unpaired) electrons. The summed E-state index contributed by atoms with van der Waals surface area (Å²) in [5.74, 6) is -0.193. The summed E-state index contributed by atoms with van der Waals surface area (Å²) < 4.78 is 0. The molecule has 2 heterocycles. The van der Waals surface area contributed by atoms with Crippen LogP contribution in [0.4, 0.5) is 4.79 Å². The predicted molar refractivity (Wildman–Crippen MR) is 69.7 cm³/mol. The maximum atomic E-state index is 12.0. The number of aliphatic hydroxyl groups is 1. The highest BCUT2D eigenvalue weighted by Gasteiger charge is 2.28. The first kappa shape index (κ1) is 14.2. The van der Waals surface area contributed by atoms with Gasteiger partial charge in [-0.3, -0.25) is 14.6 Å². The van der Waals surface area contributed by atoms with Crippen LogP contribution in [0.1, 0.15) is 12.8 Å². The topological polar surface area (TPSA) is 84.9 Å². The van der Waals surface area contributed by atoms with E-state index in [0.717, 1.165) is 25.9 Å². The van der Waals surface area contributed by atoms with Crippen LogP contribution in [-0.2, 0) is 4.79 Å². The van der Waals surface area contributed by atoms with E-state index < -0.39 is 0 Å². The van der Waals surface area contributed by atoms with Crippen LogP contribution in [0.3, 0.4) is 0 Å². The highest BCUT2D eigenvalue weighted by molar-refractivity contribution is 5.96. The summed E-state index contributed by atoms with van der Waals surface area (Å²) in [4.78, 5) is 26.6. The minimum atomic E-state index is -0.312. The quantitative estimate of drug-likeness (QED) is 0.552. The Morgan fingerprint density at radius 3 is 2.89 bits per heavy atom. The second-order valence-electron chi connectivity index (χ2n) is 5.03. The molecule has 1 unspecified atom stereocenters. The number of nitrogens with zero attached hydrogens (tertiary/aromatic N) is 2. The fourth-order valence-electron chi connectivity index (χ4n) is 2.59. The predicted octanol–water partition coefficient (Wildman–Crippen LogP) is -1.42. The molecule has 0 saturated carbocycles. The number of imide groups is 1. The van der Waals surface area contributed by atoms with Crippen LogP contribution in [0.5, 0.6) is 0 Å². The van der Waals surface area contributed by atoms with Crippen LogP contribution >= 0.6 is 0 Å². The van der Waals surface area contributed by atoms with Crippen LogP contribution in [-0.4, -0.2) is 78.8 Å². The molecule has 0 aromatic carbocycles. The molecule has 7 heteroatoms. The van der Waals surface area contributed by atoms with Crippen molar-refractivity contribution in [1.82, 2.24) is 20.4 Å². The Bertz CT molecular complexity index is 331. The third-order valence-electron chi connectivity index (χ3n) is 3.57. The number of amides is 3. The summed E-state index contributed by atoms with van der Waals surface area (Å²) in [6.45, 7) is 3.38. The number of hydrogen-bond acceptors (Lipinski definition) is 5. The highest BCUT2D eigenvalue weighted by atomic mass is 16.3.